The molecule has 2 saturated heterocycles. The van der Waals surface area contributed by atoms with Gasteiger partial charge in [-0.1, -0.05) is 0 Å². The number of halogens is 2. The Morgan fingerprint density at radius 1 is 1.37 bits per heavy atom. The molecule has 2 amide bonds. The summed E-state index contributed by atoms with van der Waals surface area (Å²) in [4.78, 5) is 37.4. The Bertz CT molecular complexity index is 745. The molecule has 2 aliphatic heterocycles. The van der Waals surface area contributed by atoms with Gasteiger partial charge in [0.1, 0.15) is 11.8 Å². The number of benzene rings is 1. The van der Waals surface area contributed by atoms with Gasteiger partial charge in [0.15, 0.2) is 6.61 Å². The van der Waals surface area contributed by atoms with E-state index in [0.29, 0.717) is 24.3 Å². The summed E-state index contributed by atoms with van der Waals surface area (Å²) < 4.78 is 33.5. The minimum absolute atomic E-state index is 0.0357. The molecule has 10 heteroatoms. The van der Waals surface area contributed by atoms with Gasteiger partial charge in [0.25, 0.3) is 5.91 Å². The first-order valence-corrected chi connectivity index (χ1v) is 9.24. The number of anilines is 1. The highest BCUT2D eigenvalue weighted by atomic mass is 32.2. The van der Waals surface area contributed by atoms with E-state index >= 15 is 0 Å². The molecule has 7 nitrogen and oxygen atoms in total. The lowest BCUT2D eigenvalue weighted by atomic mass is 10.2. The molecule has 0 bridgehead atoms. The molecule has 0 aromatic heterocycles. The molecule has 1 aromatic rings. The number of nitrogens with zero attached hydrogens (tertiary/aromatic N) is 1. The van der Waals surface area contributed by atoms with Crippen LogP contribution in [0, 0.1) is 0 Å². The van der Waals surface area contributed by atoms with Gasteiger partial charge in [0.05, 0.1) is 4.87 Å². The summed E-state index contributed by atoms with van der Waals surface area (Å²) in [5.41, 5.74) is 0.344. The highest BCUT2D eigenvalue weighted by Gasteiger charge is 2.53. The van der Waals surface area contributed by atoms with Gasteiger partial charge in [0, 0.05) is 17.9 Å². The predicted molar refractivity (Wildman–Crippen MR) is 93.4 cm³/mol. The molecule has 0 unspecified atom stereocenters. The molecule has 146 valence electrons. The maximum atomic E-state index is 12.3. The highest BCUT2D eigenvalue weighted by molar-refractivity contribution is 8.01. The second-order valence-electron chi connectivity index (χ2n) is 6.32. The molecule has 2 atom stereocenters. The van der Waals surface area contributed by atoms with Crippen LogP contribution in [0.25, 0.3) is 0 Å². The third kappa shape index (κ3) is 4.32. The number of fused-ring (bicyclic) bond motifs is 1. The van der Waals surface area contributed by atoms with Crippen LogP contribution in [0.3, 0.4) is 0 Å². The smallest absolute Gasteiger partial charge is 0.387 e. The number of nitrogens with one attached hydrogen (secondary N) is 1. The summed E-state index contributed by atoms with van der Waals surface area (Å²) in [6.45, 7) is -1.51. The van der Waals surface area contributed by atoms with Gasteiger partial charge in [-0.25, -0.2) is 4.79 Å². The molecular formula is C17H18F2N2O5S. The fourth-order valence-electron chi connectivity index (χ4n) is 3.14. The molecule has 0 radical (unpaired) electrons. The van der Waals surface area contributed by atoms with E-state index in [-0.39, 0.29) is 16.5 Å². The Hall–Kier alpha value is -2.36. The Labute approximate surface area is 158 Å². The Kier molecular flexibility index (Phi) is 5.54. The maximum Gasteiger partial charge on any atom is 0.387 e. The third-order valence-corrected chi connectivity index (χ3v) is 5.93. The summed E-state index contributed by atoms with van der Waals surface area (Å²) in [5, 5.41) is 2.49. The van der Waals surface area contributed by atoms with Gasteiger partial charge >= 0.3 is 12.6 Å². The lowest BCUT2D eigenvalue weighted by molar-refractivity contribution is -0.155. The molecule has 2 fully saturated rings. The number of thioether (sulfide) groups is 1. The van der Waals surface area contributed by atoms with E-state index in [0.717, 1.165) is 0 Å². The molecule has 1 N–H and O–H groups in total. The number of carbonyl (C=O) groups excluding carboxylic acids is 3. The molecule has 0 aliphatic carbocycles. The topological polar surface area (TPSA) is 84.9 Å². The number of alkyl halides is 2. The molecule has 0 spiro atoms. The van der Waals surface area contributed by atoms with Gasteiger partial charge in [-0.3, -0.25) is 9.59 Å². The zero-order valence-corrected chi connectivity index (χ0v) is 15.3. The summed E-state index contributed by atoms with van der Waals surface area (Å²) >= 11 is 1.54. The second kappa shape index (κ2) is 7.71. The van der Waals surface area contributed by atoms with Crippen molar-refractivity contribution in [2.45, 2.75) is 37.3 Å². The molecule has 27 heavy (non-hydrogen) atoms. The van der Waals surface area contributed by atoms with Crippen molar-refractivity contribution in [2.24, 2.45) is 0 Å². The largest absolute Gasteiger partial charge is 0.454 e. The van der Waals surface area contributed by atoms with Gasteiger partial charge in [-0.05, 0) is 37.6 Å². The van der Waals surface area contributed by atoms with Gasteiger partial charge < -0.3 is 19.7 Å². The van der Waals surface area contributed by atoms with Crippen LogP contribution in [-0.4, -0.2) is 52.6 Å². The van der Waals surface area contributed by atoms with E-state index < -0.39 is 31.1 Å². The van der Waals surface area contributed by atoms with Gasteiger partial charge in [0.2, 0.25) is 5.91 Å². The maximum absolute atomic E-state index is 12.3. The number of esters is 1. The van der Waals surface area contributed by atoms with E-state index in [1.165, 1.54) is 36.0 Å². The van der Waals surface area contributed by atoms with Crippen molar-refractivity contribution < 1.29 is 32.6 Å². The van der Waals surface area contributed by atoms with Crippen LogP contribution >= 0.6 is 11.8 Å². The number of hydrogen-bond donors (Lipinski definition) is 1. The predicted octanol–water partition coefficient (Wildman–Crippen LogP) is 2.22. The first kappa shape index (κ1) is 19.4. The van der Waals surface area contributed by atoms with Crippen molar-refractivity contribution in [1.29, 1.82) is 0 Å². The SMILES string of the molecule is C[C@]12CCC(=O)N1[C@@H](C(=O)OCC(=O)Nc1ccc(OC(F)F)cc1)CS2. The van der Waals surface area contributed by atoms with Crippen molar-refractivity contribution >= 4 is 35.2 Å². The standard InChI is InChI=1S/C17H18F2N2O5S/c1-17-7-6-14(23)21(17)12(9-27-17)15(24)25-8-13(22)20-10-2-4-11(5-3-10)26-16(18)19/h2-5,12,16H,6-9H2,1H3,(H,20,22)/t12-,17+/m1/s1. The average molecular weight is 400 g/mol. The molecule has 1 aromatic carbocycles. The van der Waals surface area contributed by atoms with Crippen LogP contribution in [-0.2, 0) is 19.1 Å². The van der Waals surface area contributed by atoms with E-state index in [1.807, 2.05) is 6.92 Å². The fourth-order valence-corrected chi connectivity index (χ4v) is 4.56. The average Bonchev–Trinajstić information content (AvgIpc) is 3.10. The number of carbonyl (C=O) groups is 3. The third-order valence-electron chi connectivity index (χ3n) is 4.43. The van der Waals surface area contributed by atoms with Crippen LogP contribution in [0.5, 0.6) is 5.75 Å². The Morgan fingerprint density at radius 3 is 2.74 bits per heavy atom. The number of amides is 2. The second-order valence-corrected chi connectivity index (χ2v) is 7.83. The first-order chi connectivity index (χ1) is 12.8. The first-order valence-electron chi connectivity index (χ1n) is 8.26. The van der Waals surface area contributed by atoms with Crippen LogP contribution in [0.2, 0.25) is 0 Å². The molecular weight excluding hydrogens is 382 g/mol. The Morgan fingerprint density at radius 2 is 2.07 bits per heavy atom. The Balaban J connectivity index is 1.49. The zero-order chi connectivity index (χ0) is 19.6. The minimum Gasteiger partial charge on any atom is -0.454 e. The summed E-state index contributed by atoms with van der Waals surface area (Å²) in [7, 11) is 0. The van der Waals surface area contributed by atoms with E-state index in [9.17, 15) is 23.2 Å². The lowest BCUT2D eigenvalue weighted by Crippen LogP contribution is -2.47. The summed E-state index contributed by atoms with van der Waals surface area (Å²) in [6.07, 6.45) is 1.09. The van der Waals surface area contributed by atoms with E-state index in [2.05, 4.69) is 10.1 Å². The monoisotopic (exact) mass is 400 g/mol. The van der Waals surface area contributed by atoms with Crippen molar-refractivity contribution in [1.82, 2.24) is 4.90 Å². The normalized spacial score (nSPS) is 24.1. The minimum atomic E-state index is -2.93. The highest BCUT2D eigenvalue weighted by Crippen LogP contribution is 2.47. The van der Waals surface area contributed by atoms with E-state index in [4.69, 9.17) is 4.74 Å². The van der Waals surface area contributed by atoms with Crippen LogP contribution in [0.15, 0.2) is 24.3 Å². The summed E-state index contributed by atoms with van der Waals surface area (Å²) in [6, 6.07) is 4.65. The van der Waals surface area contributed by atoms with Crippen molar-refractivity contribution in [3.63, 3.8) is 0 Å². The zero-order valence-electron chi connectivity index (χ0n) is 14.4. The molecule has 0 saturated carbocycles. The van der Waals surface area contributed by atoms with Crippen molar-refractivity contribution in [3.05, 3.63) is 24.3 Å². The molecule has 2 aliphatic rings. The van der Waals surface area contributed by atoms with Crippen molar-refractivity contribution in [3.8, 4) is 5.75 Å². The quantitative estimate of drug-likeness (QED) is 0.737. The number of hydrogen-bond acceptors (Lipinski definition) is 6. The van der Waals surface area contributed by atoms with Gasteiger partial charge in [-0.2, -0.15) is 8.78 Å². The fraction of sp³-hybridized carbons (Fsp3) is 0.471. The van der Waals surface area contributed by atoms with Crippen LogP contribution < -0.4 is 10.1 Å². The van der Waals surface area contributed by atoms with Crippen LogP contribution in [0.4, 0.5) is 14.5 Å². The van der Waals surface area contributed by atoms with Crippen LogP contribution in [0.1, 0.15) is 19.8 Å². The molecule has 3 rings (SSSR count). The van der Waals surface area contributed by atoms with Crippen molar-refractivity contribution in [2.75, 3.05) is 17.7 Å². The number of ether oxygens (including phenoxy) is 2. The van der Waals surface area contributed by atoms with Gasteiger partial charge in [-0.15, -0.1) is 11.8 Å². The summed E-state index contributed by atoms with van der Waals surface area (Å²) in [5.74, 6) is -0.871. The lowest BCUT2D eigenvalue weighted by Gasteiger charge is -2.29. The molecule has 2 heterocycles. The van der Waals surface area contributed by atoms with E-state index in [1.54, 1.807) is 4.90 Å². The number of rotatable bonds is 6.